The topological polar surface area (TPSA) is 159 Å². The van der Waals surface area contributed by atoms with Crippen LogP contribution < -0.4 is 10.6 Å². The smallest absolute Gasteiger partial charge is 0.408 e. The number of carbonyl (C=O) groups excluding carboxylic acids is 2. The van der Waals surface area contributed by atoms with Crippen LogP contribution in [0.3, 0.4) is 0 Å². The van der Waals surface area contributed by atoms with E-state index in [0.717, 1.165) is 11.7 Å². The van der Waals surface area contributed by atoms with E-state index in [-0.39, 0.29) is 37.2 Å². The lowest BCUT2D eigenvalue weighted by Gasteiger charge is -2.37. The fraction of sp³-hybridized carbons (Fsp3) is 0.308. The summed E-state index contributed by atoms with van der Waals surface area (Å²) < 4.78 is 55.1. The number of hydrogen-bond acceptors (Lipinski definition) is 7. The number of carbonyl (C=O) groups is 3. The van der Waals surface area contributed by atoms with Gasteiger partial charge in [0.05, 0.1) is 48.4 Å². The van der Waals surface area contributed by atoms with Crippen molar-refractivity contribution in [2.24, 2.45) is 0 Å². The predicted octanol–water partition coefficient (Wildman–Crippen LogP) is 7.09. The summed E-state index contributed by atoms with van der Waals surface area (Å²) in [5.74, 6) is -3.15. The molecule has 3 heterocycles. The Labute approximate surface area is 308 Å². The van der Waals surface area contributed by atoms with Crippen LogP contribution in [0.1, 0.15) is 61.7 Å². The molecule has 0 radical (unpaired) electrons. The molecule has 0 bridgehead atoms. The minimum Gasteiger partial charge on any atom is -0.465 e. The monoisotopic (exact) mass is 744 g/mol. The number of morpholine rings is 1. The van der Waals surface area contributed by atoms with Crippen LogP contribution in [0.25, 0.3) is 11.0 Å². The molecule has 3 atom stereocenters. The van der Waals surface area contributed by atoms with Crippen molar-refractivity contribution in [3.63, 3.8) is 0 Å². The molecule has 0 saturated carbocycles. The van der Waals surface area contributed by atoms with Crippen LogP contribution in [-0.2, 0) is 20.7 Å². The molecule has 54 heavy (non-hydrogen) atoms. The number of benzene rings is 3. The van der Waals surface area contributed by atoms with Gasteiger partial charge in [0.15, 0.2) is 0 Å². The highest BCUT2D eigenvalue weighted by atomic mass is 19.1. The molecule has 1 fully saturated rings. The SMILES string of the molecule is CC(C)(C)OC(=O)N[C@H](C(=O)Nc1cncc(F)c1CCC1CN(C(=O)O)C(c2nc3ccccc3[nH]2)CO1)C(c1ccc(F)cc1)c1ccc(F)cc1. The number of rotatable bonds is 10. The second-order valence-electron chi connectivity index (χ2n) is 13.9. The Bertz CT molecular complexity index is 2040. The van der Waals surface area contributed by atoms with E-state index in [1.165, 1.54) is 59.6 Å². The molecule has 15 heteroatoms. The highest BCUT2D eigenvalue weighted by molar-refractivity contribution is 5.98. The van der Waals surface area contributed by atoms with E-state index >= 15 is 4.39 Å². The number of pyridine rings is 1. The fourth-order valence-corrected chi connectivity index (χ4v) is 6.45. The first kappa shape index (κ1) is 37.8. The molecule has 3 amide bonds. The summed E-state index contributed by atoms with van der Waals surface area (Å²) in [4.78, 5) is 52.6. The van der Waals surface area contributed by atoms with Gasteiger partial charge in [0, 0.05) is 11.5 Å². The first-order valence-corrected chi connectivity index (χ1v) is 17.2. The molecule has 282 valence electrons. The average Bonchev–Trinajstić information content (AvgIpc) is 3.56. The summed E-state index contributed by atoms with van der Waals surface area (Å²) in [5.41, 5.74) is 1.40. The summed E-state index contributed by atoms with van der Waals surface area (Å²) in [6.45, 7) is 4.92. The van der Waals surface area contributed by atoms with Crippen LogP contribution in [0.2, 0.25) is 0 Å². The Morgan fingerprint density at radius 2 is 1.63 bits per heavy atom. The first-order chi connectivity index (χ1) is 25.8. The Balaban J connectivity index is 1.24. The van der Waals surface area contributed by atoms with Gasteiger partial charge in [-0.3, -0.25) is 14.7 Å². The Kier molecular flexibility index (Phi) is 11.2. The van der Waals surface area contributed by atoms with Crippen LogP contribution in [0, 0.1) is 17.5 Å². The molecule has 6 rings (SSSR count). The molecular weight excluding hydrogens is 705 g/mol. The van der Waals surface area contributed by atoms with Gasteiger partial charge in [-0.15, -0.1) is 0 Å². The largest absolute Gasteiger partial charge is 0.465 e. The number of fused-ring (bicyclic) bond motifs is 1. The lowest BCUT2D eigenvalue weighted by Crippen LogP contribution is -2.49. The van der Waals surface area contributed by atoms with Crippen LogP contribution in [-0.4, -0.2) is 74.0 Å². The van der Waals surface area contributed by atoms with E-state index < -0.39 is 65.3 Å². The maximum absolute atomic E-state index is 15.5. The Morgan fingerprint density at radius 3 is 2.24 bits per heavy atom. The van der Waals surface area contributed by atoms with Crippen molar-refractivity contribution in [2.75, 3.05) is 18.5 Å². The molecule has 0 aliphatic carbocycles. The highest BCUT2D eigenvalue weighted by Gasteiger charge is 2.37. The van der Waals surface area contributed by atoms with Crippen LogP contribution in [0.15, 0.2) is 85.2 Å². The molecule has 5 aromatic rings. The number of hydrogen-bond donors (Lipinski definition) is 4. The van der Waals surface area contributed by atoms with E-state index in [0.29, 0.717) is 22.5 Å². The Hall–Kier alpha value is -5.96. The third-order valence-corrected chi connectivity index (χ3v) is 8.96. The van der Waals surface area contributed by atoms with Crippen LogP contribution in [0.5, 0.6) is 0 Å². The number of ether oxygens (including phenoxy) is 2. The molecule has 2 unspecified atom stereocenters. The molecule has 1 aliphatic rings. The van der Waals surface area contributed by atoms with Gasteiger partial charge < -0.3 is 30.2 Å². The average molecular weight is 745 g/mol. The zero-order chi connectivity index (χ0) is 38.6. The van der Waals surface area contributed by atoms with Crippen molar-refractivity contribution in [3.8, 4) is 0 Å². The molecule has 12 nitrogen and oxygen atoms in total. The number of halogens is 3. The van der Waals surface area contributed by atoms with Gasteiger partial charge in [-0.05, 0) is 81.1 Å². The van der Waals surface area contributed by atoms with Gasteiger partial charge in [-0.2, -0.15) is 0 Å². The summed E-state index contributed by atoms with van der Waals surface area (Å²) in [5, 5.41) is 15.4. The van der Waals surface area contributed by atoms with Gasteiger partial charge >= 0.3 is 12.2 Å². The second kappa shape index (κ2) is 16.0. The Morgan fingerprint density at radius 1 is 0.981 bits per heavy atom. The number of nitrogens with one attached hydrogen (secondary N) is 3. The number of carboxylic acid groups (broad SMARTS) is 1. The molecule has 2 aromatic heterocycles. The molecule has 4 N–H and O–H groups in total. The zero-order valence-electron chi connectivity index (χ0n) is 29.7. The minimum atomic E-state index is -1.44. The second-order valence-corrected chi connectivity index (χ2v) is 13.9. The molecular formula is C39H39F3N6O6. The maximum atomic E-state index is 15.5. The number of anilines is 1. The third-order valence-electron chi connectivity index (χ3n) is 8.96. The van der Waals surface area contributed by atoms with E-state index in [1.54, 1.807) is 20.8 Å². The normalized spacial score (nSPS) is 16.6. The number of amides is 3. The van der Waals surface area contributed by atoms with Gasteiger partial charge in [-0.1, -0.05) is 36.4 Å². The summed E-state index contributed by atoms with van der Waals surface area (Å²) in [6.07, 6.45) is -0.293. The zero-order valence-corrected chi connectivity index (χ0v) is 29.7. The quantitative estimate of drug-likeness (QED) is 0.118. The summed E-state index contributed by atoms with van der Waals surface area (Å²) >= 11 is 0. The van der Waals surface area contributed by atoms with Crippen molar-refractivity contribution in [2.45, 2.75) is 63.3 Å². The standard InChI is InChI=1S/C39H39F3N6O6/c1-39(2,3)54-37(50)47-34(33(22-8-12-24(40)13-9-22)23-10-14-25(41)15-11-23)36(49)46-31-19-43-18-28(42)27(31)17-16-26-20-48(38(51)52)32(21-53-26)35-44-29-6-4-5-7-30(29)45-35/h4-15,18-19,26,32-34H,16-17,20-21H2,1-3H3,(H,44,45)(H,46,49)(H,47,50)(H,51,52)/t26?,32?,34-/m0/s1. The van der Waals surface area contributed by atoms with E-state index in [2.05, 4.69) is 25.6 Å². The predicted molar refractivity (Wildman–Crippen MR) is 192 cm³/mol. The van der Waals surface area contributed by atoms with Crippen molar-refractivity contribution in [3.05, 3.63) is 125 Å². The van der Waals surface area contributed by atoms with E-state index in [1.807, 2.05) is 24.3 Å². The van der Waals surface area contributed by atoms with Gasteiger partial charge in [0.1, 0.15) is 41.0 Å². The van der Waals surface area contributed by atoms with E-state index in [9.17, 15) is 28.3 Å². The lowest BCUT2D eigenvalue weighted by atomic mass is 9.84. The highest BCUT2D eigenvalue weighted by Crippen LogP contribution is 2.32. The van der Waals surface area contributed by atoms with Crippen molar-refractivity contribution < 1.29 is 42.1 Å². The molecule has 0 spiro atoms. The third kappa shape index (κ3) is 8.97. The molecule has 3 aromatic carbocycles. The minimum absolute atomic E-state index is 0.000923. The number of H-pyrrole nitrogens is 1. The van der Waals surface area contributed by atoms with Crippen molar-refractivity contribution in [1.82, 2.24) is 25.2 Å². The number of aromatic amines is 1. The lowest BCUT2D eigenvalue weighted by molar-refractivity contribution is -0.118. The van der Waals surface area contributed by atoms with Crippen molar-refractivity contribution >= 4 is 34.8 Å². The van der Waals surface area contributed by atoms with Crippen molar-refractivity contribution in [1.29, 1.82) is 0 Å². The number of aromatic nitrogens is 3. The van der Waals surface area contributed by atoms with Crippen LogP contribution >= 0.6 is 0 Å². The summed E-state index contributed by atoms with van der Waals surface area (Å²) in [6, 6.07) is 15.7. The van der Waals surface area contributed by atoms with Gasteiger partial charge in [0.2, 0.25) is 5.91 Å². The van der Waals surface area contributed by atoms with Crippen LogP contribution in [0.4, 0.5) is 28.4 Å². The molecule has 1 aliphatic heterocycles. The first-order valence-electron chi connectivity index (χ1n) is 17.2. The fourth-order valence-electron chi connectivity index (χ4n) is 6.45. The number of alkyl carbamates (subject to hydrolysis) is 1. The molecule has 1 saturated heterocycles. The van der Waals surface area contributed by atoms with E-state index in [4.69, 9.17) is 9.47 Å². The summed E-state index contributed by atoms with van der Waals surface area (Å²) in [7, 11) is 0. The van der Waals surface area contributed by atoms with Gasteiger partial charge in [0.25, 0.3) is 0 Å². The van der Waals surface area contributed by atoms with Gasteiger partial charge in [-0.25, -0.2) is 27.7 Å². The number of nitrogens with zero attached hydrogens (tertiary/aromatic N) is 3. The number of para-hydroxylation sites is 2. The maximum Gasteiger partial charge on any atom is 0.408 e. The number of imidazole rings is 1.